The van der Waals surface area contributed by atoms with Gasteiger partial charge in [-0.2, -0.15) is 0 Å². The SMILES string of the molecule is CN(Cc1cc(C2CC2)on1)Cc1cc(=O)c2cc(C(N)=O)ccc2[nH]1. The number of nitrogens with two attached hydrogens (primary N) is 1. The molecule has 7 heteroatoms. The summed E-state index contributed by atoms with van der Waals surface area (Å²) in [6, 6.07) is 8.42. The first-order valence-electron chi connectivity index (χ1n) is 8.59. The molecule has 0 aliphatic heterocycles. The maximum absolute atomic E-state index is 12.4. The second kappa shape index (κ2) is 6.42. The minimum Gasteiger partial charge on any atom is -0.366 e. The van der Waals surface area contributed by atoms with Gasteiger partial charge in [0.25, 0.3) is 0 Å². The predicted molar refractivity (Wildman–Crippen MR) is 96.7 cm³/mol. The number of carbonyl (C=O) groups excluding carboxylic acids is 1. The van der Waals surface area contributed by atoms with Gasteiger partial charge in [-0.05, 0) is 38.1 Å². The number of primary amides is 1. The van der Waals surface area contributed by atoms with Crippen LogP contribution in [0, 0.1) is 0 Å². The molecule has 0 unspecified atom stereocenters. The normalized spacial score (nSPS) is 14.2. The van der Waals surface area contributed by atoms with Crippen molar-refractivity contribution in [1.29, 1.82) is 0 Å². The van der Waals surface area contributed by atoms with Crippen molar-refractivity contribution in [2.24, 2.45) is 5.73 Å². The Kier molecular flexibility index (Phi) is 4.08. The van der Waals surface area contributed by atoms with Crippen LogP contribution in [0.1, 0.15) is 46.3 Å². The highest BCUT2D eigenvalue weighted by atomic mass is 16.5. The van der Waals surface area contributed by atoms with Crippen molar-refractivity contribution in [3.8, 4) is 0 Å². The topological polar surface area (TPSA) is 105 Å². The average molecular weight is 352 g/mol. The van der Waals surface area contributed by atoms with Crippen LogP contribution in [0.5, 0.6) is 0 Å². The lowest BCUT2D eigenvalue weighted by atomic mass is 10.1. The minimum atomic E-state index is -0.548. The third kappa shape index (κ3) is 3.39. The van der Waals surface area contributed by atoms with E-state index in [1.807, 2.05) is 13.1 Å². The Morgan fingerprint density at radius 3 is 2.85 bits per heavy atom. The number of carbonyl (C=O) groups is 1. The highest BCUT2D eigenvalue weighted by Crippen LogP contribution is 2.40. The lowest BCUT2D eigenvalue weighted by Crippen LogP contribution is -2.20. The van der Waals surface area contributed by atoms with Gasteiger partial charge in [-0.25, -0.2) is 0 Å². The molecule has 26 heavy (non-hydrogen) atoms. The molecule has 1 aromatic carbocycles. The molecule has 1 aliphatic rings. The van der Waals surface area contributed by atoms with E-state index in [1.165, 1.54) is 18.9 Å². The van der Waals surface area contributed by atoms with Crippen LogP contribution < -0.4 is 11.2 Å². The van der Waals surface area contributed by atoms with Crippen LogP contribution in [0.3, 0.4) is 0 Å². The Hall–Kier alpha value is -2.93. The number of amides is 1. The second-order valence-corrected chi connectivity index (χ2v) is 6.95. The first-order chi connectivity index (χ1) is 12.5. The summed E-state index contributed by atoms with van der Waals surface area (Å²) in [7, 11) is 1.96. The van der Waals surface area contributed by atoms with Gasteiger partial charge in [0.05, 0.1) is 5.69 Å². The Morgan fingerprint density at radius 2 is 2.12 bits per heavy atom. The molecular weight excluding hydrogens is 332 g/mol. The van der Waals surface area contributed by atoms with Crippen LogP contribution in [0.25, 0.3) is 10.9 Å². The summed E-state index contributed by atoms with van der Waals surface area (Å²) in [6.07, 6.45) is 2.36. The zero-order chi connectivity index (χ0) is 18.3. The van der Waals surface area contributed by atoms with Crippen molar-refractivity contribution in [1.82, 2.24) is 15.0 Å². The molecule has 3 N–H and O–H groups in total. The lowest BCUT2D eigenvalue weighted by molar-refractivity contribution is 0.100. The van der Waals surface area contributed by atoms with E-state index in [1.54, 1.807) is 18.2 Å². The van der Waals surface area contributed by atoms with Crippen molar-refractivity contribution < 1.29 is 9.32 Å². The number of aromatic nitrogens is 2. The van der Waals surface area contributed by atoms with Gasteiger partial charge in [0, 0.05) is 53.3 Å². The van der Waals surface area contributed by atoms with Gasteiger partial charge >= 0.3 is 0 Å². The Labute approximate surface area is 149 Å². The van der Waals surface area contributed by atoms with Gasteiger partial charge in [0.15, 0.2) is 5.43 Å². The van der Waals surface area contributed by atoms with Crippen molar-refractivity contribution in [2.75, 3.05) is 7.05 Å². The lowest BCUT2D eigenvalue weighted by Gasteiger charge is -2.15. The molecule has 2 aromatic heterocycles. The number of hydrogen-bond acceptors (Lipinski definition) is 5. The number of benzene rings is 1. The first kappa shape index (κ1) is 16.5. The molecule has 1 aliphatic carbocycles. The molecule has 1 saturated carbocycles. The summed E-state index contributed by atoms with van der Waals surface area (Å²) < 4.78 is 5.37. The van der Waals surface area contributed by atoms with E-state index in [0.717, 1.165) is 17.1 Å². The molecular formula is C19H20N4O3. The summed E-state index contributed by atoms with van der Waals surface area (Å²) in [4.78, 5) is 29.0. The van der Waals surface area contributed by atoms with Crippen LogP contribution in [0.4, 0.5) is 0 Å². The standard InChI is InChI=1S/C19H20N4O3/c1-23(10-14-8-18(26-22-14)11-2-3-11)9-13-7-17(24)15-6-12(19(20)25)4-5-16(15)21-13/h4-8,11H,2-3,9-10H2,1H3,(H2,20,25)(H,21,24). The Bertz CT molecular complexity index is 1030. The van der Waals surface area contributed by atoms with E-state index in [2.05, 4.69) is 15.0 Å². The number of nitrogens with zero attached hydrogens (tertiary/aromatic N) is 2. The molecule has 0 spiro atoms. The summed E-state index contributed by atoms with van der Waals surface area (Å²) in [6.45, 7) is 1.20. The number of H-pyrrole nitrogens is 1. The number of nitrogens with one attached hydrogen (secondary N) is 1. The van der Waals surface area contributed by atoms with Gasteiger partial charge < -0.3 is 15.2 Å². The molecule has 1 amide bonds. The molecule has 0 atom stereocenters. The fourth-order valence-electron chi connectivity index (χ4n) is 3.13. The average Bonchev–Trinajstić information content (AvgIpc) is 3.34. The second-order valence-electron chi connectivity index (χ2n) is 6.95. The van der Waals surface area contributed by atoms with E-state index < -0.39 is 5.91 Å². The smallest absolute Gasteiger partial charge is 0.248 e. The maximum atomic E-state index is 12.4. The molecule has 1 fully saturated rings. The first-order valence-corrected chi connectivity index (χ1v) is 8.59. The highest BCUT2D eigenvalue weighted by Gasteiger charge is 2.27. The van der Waals surface area contributed by atoms with Gasteiger partial charge in [0.2, 0.25) is 5.91 Å². The van der Waals surface area contributed by atoms with Crippen molar-refractivity contribution in [3.05, 3.63) is 63.3 Å². The van der Waals surface area contributed by atoms with E-state index in [-0.39, 0.29) is 5.43 Å². The van der Waals surface area contributed by atoms with Gasteiger partial charge in [-0.15, -0.1) is 0 Å². The van der Waals surface area contributed by atoms with Gasteiger partial charge in [-0.3, -0.25) is 14.5 Å². The Morgan fingerprint density at radius 1 is 1.31 bits per heavy atom. The van der Waals surface area contributed by atoms with Crippen molar-refractivity contribution in [3.63, 3.8) is 0 Å². The third-order valence-corrected chi connectivity index (χ3v) is 4.60. The molecule has 0 saturated heterocycles. The van der Waals surface area contributed by atoms with E-state index in [0.29, 0.717) is 35.5 Å². The summed E-state index contributed by atoms with van der Waals surface area (Å²) >= 11 is 0. The molecule has 0 bridgehead atoms. The van der Waals surface area contributed by atoms with Crippen molar-refractivity contribution in [2.45, 2.75) is 31.8 Å². The molecule has 7 nitrogen and oxygen atoms in total. The molecule has 3 aromatic rings. The number of fused-ring (bicyclic) bond motifs is 1. The number of aromatic amines is 1. The summed E-state index contributed by atoms with van der Waals surface area (Å²) in [5.41, 5.74) is 7.83. The minimum absolute atomic E-state index is 0.136. The van der Waals surface area contributed by atoms with Crippen molar-refractivity contribution >= 4 is 16.8 Å². The van der Waals surface area contributed by atoms with Crippen LogP contribution in [0.15, 0.2) is 39.6 Å². The highest BCUT2D eigenvalue weighted by molar-refractivity contribution is 5.96. The largest absolute Gasteiger partial charge is 0.366 e. The van der Waals surface area contributed by atoms with Crippen LogP contribution in [-0.2, 0) is 13.1 Å². The fraction of sp³-hybridized carbons (Fsp3) is 0.316. The maximum Gasteiger partial charge on any atom is 0.248 e. The van der Waals surface area contributed by atoms with E-state index >= 15 is 0 Å². The predicted octanol–water partition coefficient (Wildman–Crippen LogP) is 2.12. The Balaban J connectivity index is 1.51. The number of hydrogen-bond donors (Lipinski definition) is 2. The molecule has 4 rings (SSSR count). The molecule has 134 valence electrons. The molecule has 2 heterocycles. The van der Waals surface area contributed by atoms with Crippen LogP contribution in [-0.4, -0.2) is 28.0 Å². The van der Waals surface area contributed by atoms with Gasteiger partial charge in [0.1, 0.15) is 5.76 Å². The third-order valence-electron chi connectivity index (χ3n) is 4.60. The van der Waals surface area contributed by atoms with E-state index in [9.17, 15) is 9.59 Å². The summed E-state index contributed by atoms with van der Waals surface area (Å²) in [5, 5.41) is 4.58. The quantitative estimate of drug-likeness (QED) is 0.707. The van der Waals surface area contributed by atoms with Crippen LogP contribution >= 0.6 is 0 Å². The van der Waals surface area contributed by atoms with Crippen LogP contribution in [0.2, 0.25) is 0 Å². The number of rotatable bonds is 6. The molecule has 0 radical (unpaired) electrons. The summed E-state index contributed by atoms with van der Waals surface area (Å²) in [5.74, 6) is 0.967. The zero-order valence-corrected chi connectivity index (χ0v) is 14.5. The zero-order valence-electron chi connectivity index (χ0n) is 14.5. The van der Waals surface area contributed by atoms with E-state index in [4.69, 9.17) is 10.3 Å². The monoisotopic (exact) mass is 352 g/mol. The fourth-order valence-corrected chi connectivity index (χ4v) is 3.13. The van der Waals surface area contributed by atoms with Gasteiger partial charge in [-0.1, -0.05) is 5.16 Å². The number of pyridine rings is 1.